The molecule has 1 N–H and O–H groups in total. The van der Waals surface area contributed by atoms with Gasteiger partial charge >= 0.3 is 0 Å². The van der Waals surface area contributed by atoms with E-state index in [4.69, 9.17) is 4.74 Å². The Hall–Kier alpha value is -2.14. The number of hydrogen-bond donors (Lipinski definition) is 1. The lowest BCUT2D eigenvalue weighted by atomic mass is 10.1. The van der Waals surface area contributed by atoms with Crippen LogP contribution in [0.5, 0.6) is 5.75 Å². The van der Waals surface area contributed by atoms with Crippen molar-refractivity contribution in [1.82, 2.24) is 5.32 Å². The summed E-state index contributed by atoms with van der Waals surface area (Å²) >= 11 is 0. The summed E-state index contributed by atoms with van der Waals surface area (Å²) in [4.78, 5) is 12.0. The summed E-state index contributed by atoms with van der Waals surface area (Å²) in [7, 11) is 0.340. The van der Waals surface area contributed by atoms with Crippen molar-refractivity contribution >= 4 is 16.7 Å². The van der Waals surface area contributed by atoms with Crippen LogP contribution in [0.4, 0.5) is 0 Å². The van der Waals surface area contributed by atoms with Crippen molar-refractivity contribution in [1.29, 1.82) is 0 Å². The first kappa shape index (κ1) is 17.2. The highest BCUT2D eigenvalue weighted by atomic mass is 32.2. The fourth-order valence-corrected chi connectivity index (χ4v) is 3.28. The third kappa shape index (κ3) is 5.53. The van der Waals surface area contributed by atoms with E-state index < -0.39 is 10.8 Å². The predicted molar refractivity (Wildman–Crippen MR) is 92.7 cm³/mol. The number of hydrogen-bond acceptors (Lipinski definition) is 3. The van der Waals surface area contributed by atoms with Crippen molar-refractivity contribution in [3.05, 3.63) is 65.7 Å². The van der Waals surface area contributed by atoms with Crippen LogP contribution in [0.3, 0.4) is 0 Å². The maximum atomic E-state index is 12.1. The highest BCUT2D eigenvalue weighted by Crippen LogP contribution is 2.14. The summed E-state index contributed by atoms with van der Waals surface area (Å²) in [5.41, 5.74) is 1.92. The number of rotatable bonds is 7. The van der Waals surface area contributed by atoms with Gasteiger partial charge in [0.25, 0.3) is 0 Å². The Balaban J connectivity index is 1.86. The number of methoxy groups -OCH3 is 1. The summed E-state index contributed by atoms with van der Waals surface area (Å²) < 4.78 is 17.3. The van der Waals surface area contributed by atoms with Crippen LogP contribution >= 0.6 is 0 Å². The van der Waals surface area contributed by atoms with E-state index in [0.717, 1.165) is 16.9 Å². The quantitative estimate of drug-likeness (QED) is 0.849. The Morgan fingerprint density at radius 2 is 1.91 bits per heavy atom. The summed E-state index contributed by atoms with van der Waals surface area (Å²) in [6, 6.07) is 17.0. The van der Waals surface area contributed by atoms with Crippen molar-refractivity contribution in [3.63, 3.8) is 0 Å². The van der Waals surface area contributed by atoms with Gasteiger partial charge in [-0.3, -0.25) is 9.00 Å². The van der Waals surface area contributed by atoms with Crippen molar-refractivity contribution in [2.75, 3.05) is 12.9 Å². The zero-order chi connectivity index (χ0) is 16.7. The SMILES string of the molecule is COc1cccc(C[S@@](=O)CC(=O)N[C@H](C)c2ccccc2)c1. The molecule has 122 valence electrons. The second-order valence-corrected chi connectivity index (χ2v) is 6.74. The van der Waals surface area contributed by atoms with Gasteiger partial charge < -0.3 is 10.1 Å². The van der Waals surface area contributed by atoms with Gasteiger partial charge in [-0.1, -0.05) is 42.5 Å². The molecule has 2 aromatic carbocycles. The highest BCUT2D eigenvalue weighted by molar-refractivity contribution is 7.84. The first-order valence-corrected chi connectivity index (χ1v) is 8.89. The monoisotopic (exact) mass is 331 g/mol. The Bertz CT molecular complexity index is 673. The van der Waals surface area contributed by atoms with Gasteiger partial charge in [0.05, 0.1) is 13.2 Å². The minimum absolute atomic E-state index is 0.00557. The van der Waals surface area contributed by atoms with Crippen molar-refractivity contribution in [3.8, 4) is 5.75 Å². The molecule has 0 aromatic heterocycles. The minimum atomic E-state index is -1.25. The molecule has 0 aliphatic rings. The summed E-state index contributed by atoms with van der Waals surface area (Å²) in [5, 5.41) is 2.88. The van der Waals surface area contributed by atoms with E-state index in [9.17, 15) is 9.00 Å². The van der Waals surface area contributed by atoms with E-state index >= 15 is 0 Å². The molecule has 5 heteroatoms. The Labute approximate surface area is 139 Å². The molecule has 2 aromatic rings. The van der Waals surface area contributed by atoms with Gasteiger partial charge in [0.1, 0.15) is 11.5 Å². The van der Waals surface area contributed by atoms with E-state index in [1.54, 1.807) is 7.11 Å². The molecule has 0 unspecified atom stereocenters. The number of carbonyl (C=O) groups is 1. The van der Waals surface area contributed by atoms with Crippen LogP contribution in [0.15, 0.2) is 54.6 Å². The molecule has 2 rings (SSSR count). The summed E-state index contributed by atoms with van der Waals surface area (Å²) in [6.07, 6.45) is 0. The molecule has 4 nitrogen and oxygen atoms in total. The Morgan fingerprint density at radius 1 is 1.17 bits per heavy atom. The molecule has 0 heterocycles. The lowest BCUT2D eigenvalue weighted by Gasteiger charge is -2.14. The zero-order valence-electron chi connectivity index (χ0n) is 13.3. The number of carbonyl (C=O) groups excluding carboxylic acids is 1. The molecule has 2 atom stereocenters. The third-order valence-corrected chi connectivity index (χ3v) is 4.67. The molecule has 0 aliphatic heterocycles. The first-order valence-electron chi connectivity index (χ1n) is 7.40. The molecule has 0 fully saturated rings. The van der Waals surface area contributed by atoms with Gasteiger partial charge in [0.2, 0.25) is 5.91 Å². The minimum Gasteiger partial charge on any atom is -0.497 e. The molecule has 0 saturated heterocycles. The Morgan fingerprint density at radius 3 is 2.61 bits per heavy atom. The summed E-state index contributed by atoms with van der Waals surface area (Å²) in [5.74, 6) is 0.850. The van der Waals surface area contributed by atoms with E-state index in [1.807, 2.05) is 61.5 Å². The van der Waals surface area contributed by atoms with Crippen LogP contribution < -0.4 is 10.1 Å². The molecular weight excluding hydrogens is 310 g/mol. The van der Waals surface area contributed by atoms with Crippen LogP contribution in [0.25, 0.3) is 0 Å². The van der Waals surface area contributed by atoms with Gasteiger partial charge in [-0.25, -0.2) is 0 Å². The number of nitrogens with one attached hydrogen (secondary N) is 1. The van der Waals surface area contributed by atoms with Crippen molar-refractivity contribution in [2.45, 2.75) is 18.7 Å². The molecule has 0 saturated carbocycles. The van der Waals surface area contributed by atoms with Crippen LogP contribution in [0, 0.1) is 0 Å². The van der Waals surface area contributed by atoms with Gasteiger partial charge in [-0.15, -0.1) is 0 Å². The lowest BCUT2D eigenvalue weighted by Crippen LogP contribution is -2.31. The van der Waals surface area contributed by atoms with Gasteiger partial charge in [0.15, 0.2) is 0 Å². The normalized spacial score (nSPS) is 13.1. The first-order chi connectivity index (χ1) is 11.1. The van der Waals surface area contributed by atoms with Gasteiger partial charge in [-0.05, 0) is 30.2 Å². The molecule has 0 spiro atoms. The topological polar surface area (TPSA) is 55.4 Å². The van der Waals surface area contributed by atoms with E-state index in [-0.39, 0.29) is 17.7 Å². The number of amides is 1. The highest BCUT2D eigenvalue weighted by Gasteiger charge is 2.13. The molecule has 1 amide bonds. The molecule has 0 bridgehead atoms. The number of benzene rings is 2. The number of ether oxygens (including phenoxy) is 1. The molecule has 0 aliphatic carbocycles. The Kier molecular flexibility index (Phi) is 6.35. The summed E-state index contributed by atoms with van der Waals surface area (Å²) in [6.45, 7) is 1.91. The van der Waals surface area contributed by atoms with Crippen molar-refractivity contribution in [2.24, 2.45) is 0 Å². The smallest absolute Gasteiger partial charge is 0.233 e. The molecular formula is C18H21NO3S. The fraction of sp³-hybridized carbons (Fsp3) is 0.278. The van der Waals surface area contributed by atoms with Crippen LogP contribution in [0.2, 0.25) is 0 Å². The van der Waals surface area contributed by atoms with Gasteiger partial charge in [-0.2, -0.15) is 0 Å². The third-order valence-electron chi connectivity index (χ3n) is 3.43. The average Bonchev–Trinajstić information content (AvgIpc) is 2.55. The maximum absolute atomic E-state index is 12.1. The standard InChI is InChI=1S/C18H21NO3S/c1-14(16-8-4-3-5-9-16)19-18(20)13-23(21)12-15-7-6-10-17(11-15)22-2/h3-11,14H,12-13H2,1-2H3,(H,19,20)/t14-,23-/m1/s1. The zero-order valence-corrected chi connectivity index (χ0v) is 14.1. The average molecular weight is 331 g/mol. The van der Waals surface area contributed by atoms with Crippen LogP contribution in [0.1, 0.15) is 24.1 Å². The van der Waals surface area contributed by atoms with E-state index in [1.165, 1.54) is 0 Å². The largest absolute Gasteiger partial charge is 0.497 e. The second kappa shape index (κ2) is 8.48. The maximum Gasteiger partial charge on any atom is 0.233 e. The predicted octanol–water partition coefficient (Wildman–Crippen LogP) is 2.82. The van der Waals surface area contributed by atoms with E-state index in [0.29, 0.717) is 5.75 Å². The van der Waals surface area contributed by atoms with Gasteiger partial charge in [0, 0.05) is 16.6 Å². The van der Waals surface area contributed by atoms with Crippen LogP contribution in [-0.2, 0) is 21.3 Å². The van der Waals surface area contributed by atoms with E-state index in [2.05, 4.69) is 5.32 Å². The fourth-order valence-electron chi connectivity index (χ4n) is 2.25. The lowest BCUT2D eigenvalue weighted by molar-refractivity contribution is -0.119. The van der Waals surface area contributed by atoms with Crippen LogP contribution in [-0.4, -0.2) is 23.0 Å². The molecule has 23 heavy (non-hydrogen) atoms. The molecule has 0 radical (unpaired) electrons. The van der Waals surface area contributed by atoms with Crippen molar-refractivity contribution < 1.29 is 13.7 Å². The second-order valence-electron chi connectivity index (χ2n) is 5.28.